The lowest BCUT2D eigenvalue weighted by Gasteiger charge is -2.14. The Balaban J connectivity index is 1.67. The van der Waals surface area contributed by atoms with Gasteiger partial charge in [0.2, 0.25) is 0 Å². The molecule has 2 aromatic carbocycles. The molecule has 1 aromatic heterocycles. The molecule has 0 saturated heterocycles. The van der Waals surface area contributed by atoms with Gasteiger partial charge in [-0.3, -0.25) is 4.79 Å². The van der Waals surface area contributed by atoms with E-state index in [1.807, 2.05) is 37.3 Å². The maximum Gasteiger partial charge on any atom is 0.271 e. The zero-order valence-corrected chi connectivity index (χ0v) is 15.4. The van der Waals surface area contributed by atoms with Crippen molar-refractivity contribution in [1.82, 2.24) is 15.3 Å². The van der Waals surface area contributed by atoms with Crippen LogP contribution >= 0.6 is 23.2 Å². The third-order valence-corrected chi connectivity index (χ3v) is 4.29. The van der Waals surface area contributed by atoms with Crippen molar-refractivity contribution in [2.24, 2.45) is 0 Å². The summed E-state index contributed by atoms with van der Waals surface area (Å²) in [7, 11) is 0. The van der Waals surface area contributed by atoms with Gasteiger partial charge < -0.3 is 10.6 Å². The molecule has 26 heavy (non-hydrogen) atoms. The number of hydrogen-bond donors (Lipinski definition) is 2. The molecule has 1 unspecified atom stereocenters. The molecule has 3 aromatic rings. The summed E-state index contributed by atoms with van der Waals surface area (Å²) in [6.07, 6.45) is 2.88. The van der Waals surface area contributed by atoms with Crippen LogP contribution in [0.5, 0.6) is 0 Å². The van der Waals surface area contributed by atoms with Crippen molar-refractivity contribution in [3.63, 3.8) is 0 Å². The van der Waals surface area contributed by atoms with Gasteiger partial charge in [-0.25, -0.2) is 9.97 Å². The maximum atomic E-state index is 12.3. The summed E-state index contributed by atoms with van der Waals surface area (Å²) < 4.78 is 0. The molecule has 0 fully saturated rings. The molecule has 1 atom stereocenters. The third-order valence-electron chi connectivity index (χ3n) is 3.72. The number of carbonyl (C=O) groups excluding carboxylic acids is 1. The monoisotopic (exact) mass is 386 g/mol. The second-order valence-corrected chi connectivity index (χ2v) is 6.49. The van der Waals surface area contributed by atoms with E-state index in [1.165, 1.54) is 12.4 Å². The van der Waals surface area contributed by atoms with Crippen molar-refractivity contribution in [2.75, 3.05) is 5.32 Å². The van der Waals surface area contributed by atoms with Crippen LogP contribution in [0.4, 0.5) is 11.5 Å². The first-order valence-corrected chi connectivity index (χ1v) is 8.68. The fraction of sp³-hybridized carbons (Fsp3) is 0.105. The largest absolute Gasteiger partial charge is 0.344 e. The molecule has 0 bridgehead atoms. The molecule has 1 amide bonds. The Morgan fingerprint density at radius 3 is 2.50 bits per heavy atom. The van der Waals surface area contributed by atoms with Crippen LogP contribution in [-0.2, 0) is 0 Å². The van der Waals surface area contributed by atoms with E-state index in [0.717, 1.165) is 5.56 Å². The first-order valence-electron chi connectivity index (χ1n) is 7.93. The van der Waals surface area contributed by atoms with Crippen LogP contribution in [0.2, 0.25) is 10.0 Å². The summed E-state index contributed by atoms with van der Waals surface area (Å²) in [5.41, 5.74) is 1.86. The average Bonchev–Trinajstić information content (AvgIpc) is 2.66. The topological polar surface area (TPSA) is 66.9 Å². The van der Waals surface area contributed by atoms with Gasteiger partial charge in [0.15, 0.2) is 0 Å². The first-order chi connectivity index (χ1) is 12.5. The summed E-state index contributed by atoms with van der Waals surface area (Å²) in [5, 5.41) is 6.98. The highest BCUT2D eigenvalue weighted by atomic mass is 35.5. The van der Waals surface area contributed by atoms with E-state index in [2.05, 4.69) is 20.6 Å². The molecular weight excluding hydrogens is 371 g/mol. The summed E-state index contributed by atoms with van der Waals surface area (Å²) >= 11 is 12.1. The van der Waals surface area contributed by atoms with Crippen molar-refractivity contribution in [1.29, 1.82) is 0 Å². The minimum absolute atomic E-state index is 0.131. The summed E-state index contributed by atoms with van der Waals surface area (Å²) in [4.78, 5) is 20.7. The van der Waals surface area contributed by atoms with Crippen LogP contribution in [0.25, 0.3) is 0 Å². The predicted molar refractivity (Wildman–Crippen MR) is 104 cm³/mol. The Morgan fingerprint density at radius 1 is 1.04 bits per heavy atom. The number of carbonyl (C=O) groups is 1. The van der Waals surface area contributed by atoms with Crippen LogP contribution in [0.1, 0.15) is 29.0 Å². The standard InChI is InChI=1S/C19H16Cl2N4O/c1-12(13-5-3-2-4-6-13)24-19(26)17-10-23-18(11-22-17)25-16-9-14(20)7-8-15(16)21/h2-12H,1H3,(H,23,25)(H,24,26). The number of amides is 1. The number of nitrogens with zero attached hydrogens (tertiary/aromatic N) is 2. The average molecular weight is 387 g/mol. The summed E-state index contributed by atoms with van der Waals surface area (Å²) in [6, 6.07) is 14.6. The van der Waals surface area contributed by atoms with E-state index in [0.29, 0.717) is 21.6 Å². The molecule has 0 spiro atoms. The van der Waals surface area contributed by atoms with Crippen LogP contribution < -0.4 is 10.6 Å². The Kier molecular flexibility index (Phi) is 5.71. The molecule has 0 saturated carbocycles. The molecule has 0 aliphatic rings. The lowest BCUT2D eigenvalue weighted by atomic mass is 10.1. The van der Waals surface area contributed by atoms with Crippen LogP contribution in [0, 0.1) is 0 Å². The number of hydrogen-bond acceptors (Lipinski definition) is 4. The number of halogens is 2. The van der Waals surface area contributed by atoms with Crippen molar-refractivity contribution < 1.29 is 4.79 Å². The highest BCUT2D eigenvalue weighted by molar-refractivity contribution is 6.35. The number of nitrogens with one attached hydrogen (secondary N) is 2. The molecule has 0 aliphatic heterocycles. The van der Waals surface area contributed by atoms with Gasteiger partial charge in [-0.2, -0.15) is 0 Å². The van der Waals surface area contributed by atoms with E-state index >= 15 is 0 Å². The van der Waals surface area contributed by atoms with E-state index in [1.54, 1.807) is 18.2 Å². The first kappa shape index (κ1) is 18.2. The number of anilines is 2. The predicted octanol–water partition coefficient (Wildman–Crippen LogP) is 5.02. The van der Waals surface area contributed by atoms with Gasteiger partial charge in [-0.15, -0.1) is 0 Å². The number of aromatic nitrogens is 2. The molecular formula is C19H16Cl2N4O. The van der Waals surface area contributed by atoms with Crippen molar-refractivity contribution >= 4 is 40.6 Å². The van der Waals surface area contributed by atoms with Crippen LogP contribution in [0.15, 0.2) is 60.9 Å². The molecule has 132 valence electrons. The van der Waals surface area contributed by atoms with Crippen molar-refractivity contribution in [2.45, 2.75) is 13.0 Å². The fourth-order valence-electron chi connectivity index (χ4n) is 2.34. The SMILES string of the molecule is CC(NC(=O)c1cnc(Nc2cc(Cl)ccc2Cl)cn1)c1ccccc1. The van der Waals surface area contributed by atoms with Gasteiger partial charge >= 0.3 is 0 Å². The van der Waals surface area contributed by atoms with Gasteiger partial charge in [0.25, 0.3) is 5.91 Å². The lowest BCUT2D eigenvalue weighted by molar-refractivity contribution is 0.0934. The Morgan fingerprint density at radius 2 is 1.81 bits per heavy atom. The highest BCUT2D eigenvalue weighted by Gasteiger charge is 2.13. The van der Waals surface area contributed by atoms with E-state index in [-0.39, 0.29) is 17.6 Å². The molecule has 1 heterocycles. The maximum absolute atomic E-state index is 12.3. The van der Waals surface area contributed by atoms with E-state index < -0.39 is 0 Å². The van der Waals surface area contributed by atoms with Crippen LogP contribution in [-0.4, -0.2) is 15.9 Å². The smallest absolute Gasteiger partial charge is 0.271 e. The van der Waals surface area contributed by atoms with Gasteiger partial charge in [-0.1, -0.05) is 53.5 Å². The van der Waals surface area contributed by atoms with Gasteiger partial charge in [0.1, 0.15) is 11.5 Å². The minimum atomic E-state index is -0.291. The molecule has 0 aliphatic carbocycles. The van der Waals surface area contributed by atoms with Crippen molar-refractivity contribution in [3.8, 4) is 0 Å². The van der Waals surface area contributed by atoms with Gasteiger partial charge in [-0.05, 0) is 30.7 Å². The zero-order valence-electron chi connectivity index (χ0n) is 13.9. The molecule has 0 radical (unpaired) electrons. The summed E-state index contributed by atoms with van der Waals surface area (Å²) in [5.74, 6) is 0.169. The molecule has 5 nitrogen and oxygen atoms in total. The Hall–Kier alpha value is -2.63. The number of benzene rings is 2. The second-order valence-electron chi connectivity index (χ2n) is 5.64. The van der Waals surface area contributed by atoms with E-state index in [9.17, 15) is 4.79 Å². The lowest BCUT2D eigenvalue weighted by Crippen LogP contribution is -2.27. The van der Waals surface area contributed by atoms with E-state index in [4.69, 9.17) is 23.2 Å². The quantitative estimate of drug-likeness (QED) is 0.645. The zero-order chi connectivity index (χ0) is 18.5. The molecule has 7 heteroatoms. The molecule has 2 N–H and O–H groups in total. The third kappa shape index (κ3) is 4.50. The molecule has 3 rings (SSSR count). The minimum Gasteiger partial charge on any atom is -0.344 e. The second kappa shape index (κ2) is 8.17. The van der Waals surface area contributed by atoms with Crippen LogP contribution in [0.3, 0.4) is 0 Å². The normalized spacial score (nSPS) is 11.7. The van der Waals surface area contributed by atoms with Gasteiger partial charge in [0.05, 0.1) is 29.1 Å². The Bertz CT molecular complexity index is 901. The summed E-state index contributed by atoms with van der Waals surface area (Å²) in [6.45, 7) is 1.91. The highest BCUT2D eigenvalue weighted by Crippen LogP contribution is 2.27. The Labute approximate surface area is 161 Å². The number of rotatable bonds is 5. The van der Waals surface area contributed by atoms with Gasteiger partial charge in [0, 0.05) is 5.02 Å². The van der Waals surface area contributed by atoms with Crippen molar-refractivity contribution in [3.05, 3.63) is 82.2 Å². The fourth-order valence-corrected chi connectivity index (χ4v) is 2.67.